The van der Waals surface area contributed by atoms with Crippen LogP contribution in [0.25, 0.3) is 0 Å². The number of rotatable bonds is 2. The van der Waals surface area contributed by atoms with E-state index in [0.29, 0.717) is 29.0 Å². The van der Waals surface area contributed by atoms with Crippen molar-refractivity contribution in [2.75, 3.05) is 13.1 Å². The lowest BCUT2D eigenvalue weighted by atomic mass is 9.84. The van der Waals surface area contributed by atoms with Crippen LogP contribution in [-0.4, -0.2) is 31.8 Å². The van der Waals surface area contributed by atoms with E-state index in [1.54, 1.807) is 19.1 Å². The van der Waals surface area contributed by atoms with E-state index in [9.17, 15) is 13.2 Å². The van der Waals surface area contributed by atoms with Crippen LogP contribution in [0.1, 0.15) is 34.3 Å². The number of hydrogen-bond donors (Lipinski definition) is 0. The van der Waals surface area contributed by atoms with Crippen LogP contribution in [0, 0.1) is 6.92 Å². The Balaban J connectivity index is 1.62. The van der Waals surface area contributed by atoms with Crippen LogP contribution in [-0.2, 0) is 20.4 Å². The second kappa shape index (κ2) is 6.48. The van der Waals surface area contributed by atoms with Crippen LogP contribution in [0.2, 0.25) is 10.0 Å². The summed E-state index contributed by atoms with van der Waals surface area (Å²) in [4.78, 5) is 12.2. The summed E-state index contributed by atoms with van der Waals surface area (Å²) in [5.74, 6) is -0.349. The second-order valence-electron chi connectivity index (χ2n) is 6.87. The molecule has 1 saturated heterocycles. The highest BCUT2D eigenvalue weighted by molar-refractivity contribution is 7.89. The number of esters is 1. The number of benzene rings is 2. The summed E-state index contributed by atoms with van der Waals surface area (Å²) < 4.78 is 33.2. The lowest BCUT2D eigenvalue weighted by Gasteiger charge is -2.38. The number of carbonyl (C=O) groups is 1. The summed E-state index contributed by atoms with van der Waals surface area (Å²) in [6.07, 6.45) is 0.804. The van der Waals surface area contributed by atoms with E-state index < -0.39 is 15.6 Å². The van der Waals surface area contributed by atoms with E-state index in [-0.39, 0.29) is 29.0 Å². The largest absolute Gasteiger partial charge is 0.450 e. The second-order valence-corrected chi connectivity index (χ2v) is 9.59. The van der Waals surface area contributed by atoms with Crippen molar-refractivity contribution < 1.29 is 17.9 Å². The molecule has 1 fully saturated rings. The molecule has 8 heteroatoms. The Hall–Kier alpha value is -1.60. The maximum Gasteiger partial charge on any atom is 0.339 e. The first-order chi connectivity index (χ1) is 12.7. The first-order valence-corrected chi connectivity index (χ1v) is 10.7. The van der Waals surface area contributed by atoms with Gasteiger partial charge in [0.05, 0.1) is 10.6 Å². The van der Waals surface area contributed by atoms with Crippen LogP contribution >= 0.6 is 23.2 Å². The number of halogens is 2. The van der Waals surface area contributed by atoms with Crippen LogP contribution in [0.3, 0.4) is 0 Å². The smallest absolute Gasteiger partial charge is 0.339 e. The van der Waals surface area contributed by atoms with Crippen molar-refractivity contribution in [3.05, 3.63) is 63.1 Å². The van der Waals surface area contributed by atoms with Gasteiger partial charge in [-0.2, -0.15) is 4.31 Å². The van der Waals surface area contributed by atoms with Gasteiger partial charge >= 0.3 is 5.97 Å². The maximum absolute atomic E-state index is 13.1. The van der Waals surface area contributed by atoms with Crippen molar-refractivity contribution >= 4 is 39.2 Å². The number of hydrogen-bond acceptors (Lipinski definition) is 4. The third-order valence-corrected chi connectivity index (χ3v) is 8.06. The van der Waals surface area contributed by atoms with E-state index in [0.717, 1.165) is 5.56 Å². The first-order valence-electron chi connectivity index (χ1n) is 8.53. The fraction of sp³-hybridized carbons (Fsp3) is 0.316. The van der Waals surface area contributed by atoms with Crippen molar-refractivity contribution in [3.8, 4) is 0 Å². The van der Waals surface area contributed by atoms with Crippen molar-refractivity contribution in [2.45, 2.75) is 30.3 Å². The standard InChI is InChI=1S/C19H17Cl2NO4S/c1-12-10-17(16(21)11-15(12)20)27(24,25)22-8-6-19(7-9-22)14-5-3-2-4-13(14)18(23)26-19/h2-5,10-11H,6-9H2,1H3. The van der Waals surface area contributed by atoms with Gasteiger partial charge in [0.1, 0.15) is 10.5 Å². The highest BCUT2D eigenvalue weighted by atomic mass is 35.5. The number of carbonyl (C=O) groups excluding carboxylic acids is 1. The third-order valence-electron chi connectivity index (χ3n) is 5.29. The minimum atomic E-state index is -3.77. The van der Waals surface area contributed by atoms with Crippen LogP contribution in [0.4, 0.5) is 0 Å². The van der Waals surface area contributed by atoms with Gasteiger partial charge in [0.25, 0.3) is 0 Å². The fourth-order valence-electron chi connectivity index (χ4n) is 3.77. The van der Waals surface area contributed by atoms with E-state index in [1.807, 2.05) is 12.1 Å². The SMILES string of the molecule is Cc1cc(S(=O)(=O)N2CCC3(CC2)OC(=O)c2ccccc23)c(Cl)cc1Cl. The highest BCUT2D eigenvalue weighted by Gasteiger charge is 2.48. The monoisotopic (exact) mass is 425 g/mol. The van der Waals surface area contributed by atoms with Gasteiger partial charge in [-0.05, 0) is 30.7 Å². The zero-order valence-corrected chi connectivity index (χ0v) is 16.9. The average Bonchev–Trinajstić information content (AvgIpc) is 2.91. The average molecular weight is 426 g/mol. The molecule has 0 saturated carbocycles. The molecule has 0 atom stereocenters. The molecule has 2 aliphatic rings. The molecule has 0 radical (unpaired) electrons. The summed E-state index contributed by atoms with van der Waals surface area (Å²) in [6.45, 7) is 2.21. The molecule has 4 rings (SSSR count). The predicted molar refractivity (Wildman–Crippen MR) is 103 cm³/mol. The predicted octanol–water partition coefficient (Wildman–Crippen LogP) is 4.15. The van der Waals surface area contributed by atoms with E-state index in [1.165, 1.54) is 16.4 Å². The minimum absolute atomic E-state index is 0.0471. The topological polar surface area (TPSA) is 63.7 Å². The number of aryl methyl sites for hydroxylation is 1. The Labute approximate surface area is 167 Å². The van der Waals surface area contributed by atoms with E-state index in [2.05, 4.69) is 0 Å². The number of nitrogens with zero attached hydrogens (tertiary/aromatic N) is 1. The molecule has 0 amide bonds. The fourth-order valence-corrected chi connectivity index (χ4v) is 6.02. The first kappa shape index (κ1) is 18.7. The molecular formula is C19H17Cl2NO4S. The van der Waals surface area contributed by atoms with Gasteiger partial charge in [0, 0.05) is 36.5 Å². The molecule has 0 N–H and O–H groups in total. The Bertz CT molecular complexity index is 1040. The summed E-state index contributed by atoms with van der Waals surface area (Å²) in [6, 6.07) is 10.2. The molecule has 0 aliphatic carbocycles. The zero-order valence-electron chi connectivity index (χ0n) is 14.5. The van der Waals surface area contributed by atoms with Gasteiger partial charge in [-0.1, -0.05) is 41.4 Å². The van der Waals surface area contributed by atoms with E-state index in [4.69, 9.17) is 27.9 Å². The highest BCUT2D eigenvalue weighted by Crippen LogP contribution is 2.45. The minimum Gasteiger partial charge on any atom is -0.450 e. The quantitative estimate of drug-likeness (QED) is 0.677. The van der Waals surface area contributed by atoms with Gasteiger partial charge in [-0.3, -0.25) is 0 Å². The number of piperidine rings is 1. The van der Waals surface area contributed by atoms with Gasteiger partial charge in [-0.15, -0.1) is 0 Å². The summed E-state index contributed by atoms with van der Waals surface area (Å²) in [5, 5.41) is 0.523. The van der Waals surface area contributed by atoms with Crippen LogP contribution in [0.5, 0.6) is 0 Å². The Morgan fingerprint density at radius 1 is 1.07 bits per heavy atom. The molecule has 2 aliphatic heterocycles. The molecule has 2 heterocycles. The summed E-state index contributed by atoms with van der Waals surface area (Å²) in [5.41, 5.74) is 1.30. The van der Waals surface area contributed by atoms with Gasteiger partial charge in [0.15, 0.2) is 0 Å². The van der Waals surface area contributed by atoms with Gasteiger partial charge in [-0.25, -0.2) is 13.2 Å². The van der Waals surface area contributed by atoms with Crippen molar-refractivity contribution in [1.82, 2.24) is 4.31 Å². The summed E-state index contributed by atoms with van der Waals surface area (Å²) in [7, 11) is -3.77. The third kappa shape index (κ3) is 2.95. The van der Waals surface area contributed by atoms with Crippen molar-refractivity contribution in [3.63, 3.8) is 0 Å². The molecule has 0 bridgehead atoms. The zero-order chi connectivity index (χ0) is 19.4. The molecule has 142 valence electrons. The lowest BCUT2D eigenvalue weighted by molar-refractivity contribution is -0.0329. The summed E-state index contributed by atoms with van der Waals surface area (Å²) >= 11 is 12.2. The van der Waals surface area contributed by atoms with Gasteiger partial charge < -0.3 is 4.74 Å². The van der Waals surface area contributed by atoms with Crippen molar-refractivity contribution in [1.29, 1.82) is 0 Å². The maximum atomic E-state index is 13.1. The molecule has 1 spiro atoms. The molecule has 27 heavy (non-hydrogen) atoms. The lowest BCUT2D eigenvalue weighted by Crippen LogP contribution is -2.45. The van der Waals surface area contributed by atoms with Crippen LogP contribution < -0.4 is 0 Å². The molecule has 0 unspecified atom stereocenters. The van der Waals surface area contributed by atoms with E-state index >= 15 is 0 Å². The Morgan fingerprint density at radius 2 is 1.74 bits per heavy atom. The van der Waals surface area contributed by atoms with Gasteiger partial charge in [0.2, 0.25) is 10.0 Å². The molecular weight excluding hydrogens is 409 g/mol. The molecule has 5 nitrogen and oxygen atoms in total. The molecule has 2 aromatic carbocycles. The Morgan fingerprint density at radius 3 is 2.44 bits per heavy atom. The number of fused-ring (bicyclic) bond motifs is 2. The normalized spacial score (nSPS) is 19.1. The van der Waals surface area contributed by atoms with Crippen LogP contribution in [0.15, 0.2) is 41.3 Å². The Kier molecular flexibility index (Phi) is 4.50. The number of sulfonamides is 1. The number of ether oxygens (including phenoxy) is 1. The molecule has 2 aromatic rings. The molecule has 0 aromatic heterocycles. The van der Waals surface area contributed by atoms with Crippen molar-refractivity contribution in [2.24, 2.45) is 0 Å².